The molecular weight excluding hydrogens is 252 g/mol. The summed E-state index contributed by atoms with van der Waals surface area (Å²) >= 11 is 1.87. The maximum atomic E-state index is 10.6. The van der Waals surface area contributed by atoms with Gasteiger partial charge in [-0.15, -0.1) is 11.3 Å². The van der Waals surface area contributed by atoms with Gasteiger partial charge in [0.1, 0.15) is 6.29 Å². The van der Waals surface area contributed by atoms with Crippen molar-refractivity contribution >= 4 is 17.6 Å². The van der Waals surface area contributed by atoms with Crippen molar-refractivity contribution in [2.24, 2.45) is 0 Å². The lowest BCUT2D eigenvalue weighted by molar-refractivity contribution is 0.112. The maximum Gasteiger partial charge on any atom is 0.150 e. The van der Waals surface area contributed by atoms with E-state index < -0.39 is 0 Å². The molecule has 0 aliphatic carbocycles. The minimum atomic E-state index is 0.736. The number of aldehydes is 1. The predicted octanol–water partition coefficient (Wildman–Crippen LogP) is 5.35. The fourth-order valence-corrected chi connectivity index (χ4v) is 3.17. The quantitative estimate of drug-likeness (QED) is 0.490. The highest BCUT2D eigenvalue weighted by Crippen LogP contribution is 2.29. The van der Waals surface area contributed by atoms with Crippen molar-refractivity contribution in [3.8, 4) is 10.4 Å². The number of aryl methyl sites for hydroxylation is 1. The summed E-state index contributed by atoms with van der Waals surface area (Å²) < 4.78 is 0. The van der Waals surface area contributed by atoms with E-state index in [2.05, 4.69) is 19.1 Å². The van der Waals surface area contributed by atoms with Crippen molar-refractivity contribution in [3.05, 3.63) is 46.8 Å². The predicted molar refractivity (Wildman–Crippen MR) is 83.0 cm³/mol. The molecular formula is C17H20OS. The minimum absolute atomic E-state index is 0.736. The molecule has 1 nitrogen and oxygen atoms in total. The third-order valence-corrected chi connectivity index (χ3v) is 4.46. The van der Waals surface area contributed by atoms with E-state index in [1.165, 1.54) is 47.4 Å². The van der Waals surface area contributed by atoms with Crippen LogP contribution in [-0.2, 0) is 6.42 Å². The molecule has 1 aromatic carbocycles. The topological polar surface area (TPSA) is 17.1 Å². The maximum absolute atomic E-state index is 10.6. The van der Waals surface area contributed by atoms with E-state index in [9.17, 15) is 4.79 Å². The lowest BCUT2D eigenvalue weighted by Crippen LogP contribution is -1.80. The van der Waals surface area contributed by atoms with Gasteiger partial charge < -0.3 is 0 Å². The number of rotatable bonds is 7. The van der Waals surface area contributed by atoms with E-state index in [1.807, 2.05) is 35.6 Å². The molecule has 0 spiro atoms. The van der Waals surface area contributed by atoms with E-state index >= 15 is 0 Å². The lowest BCUT2D eigenvalue weighted by Gasteiger charge is -1.98. The van der Waals surface area contributed by atoms with Crippen LogP contribution in [0, 0.1) is 0 Å². The SMILES string of the molecule is CCCCCCc1ccc(-c2ccc(C=O)cc2)s1. The van der Waals surface area contributed by atoms with Crippen LogP contribution in [0.2, 0.25) is 0 Å². The summed E-state index contributed by atoms with van der Waals surface area (Å²) in [5.74, 6) is 0. The van der Waals surface area contributed by atoms with Crippen molar-refractivity contribution in [3.63, 3.8) is 0 Å². The van der Waals surface area contributed by atoms with Crippen molar-refractivity contribution in [2.75, 3.05) is 0 Å². The molecule has 0 atom stereocenters. The number of benzene rings is 1. The first-order valence-electron chi connectivity index (χ1n) is 6.98. The van der Waals surface area contributed by atoms with Crippen LogP contribution >= 0.6 is 11.3 Å². The molecule has 0 saturated carbocycles. The van der Waals surface area contributed by atoms with Gasteiger partial charge in [-0.05, 0) is 30.5 Å². The standard InChI is InChI=1S/C17H20OS/c1-2-3-4-5-6-16-11-12-17(19-16)15-9-7-14(13-18)8-10-15/h7-13H,2-6H2,1H3. The van der Waals surface area contributed by atoms with Gasteiger partial charge in [-0.2, -0.15) is 0 Å². The first-order chi connectivity index (χ1) is 9.33. The Balaban J connectivity index is 1.97. The molecule has 100 valence electrons. The Bertz CT molecular complexity index is 510. The highest BCUT2D eigenvalue weighted by molar-refractivity contribution is 7.15. The Labute approximate surface area is 119 Å². The number of carbonyl (C=O) groups is 1. The third kappa shape index (κ3) is 4.03. The van der Waals surface area contributed by atoms with Crippen LogP contribution in [0.25, 0.3) is 10.4 Å². The summed E-state index contributed by atoms with van der Waals surface area (Å²) in [6.45, 7) is 2.24. The van der Waals surface area contributed by atoms with Crippen LogP contribution in [0.4, 0.5) is 0 Å². The van der Waals surface area contributed by atoms with Gasteiger partial charge in [0.05, 0.1) is 0 Å². The summed E-state index contributed by atoms with van der Waals surface area (Å²) in [5.41, 5.74) is 1.94. The Morgan fingerprint density at radius 1 is 1.00 bits per heavy atom. The van der Waals surface area contributed by atoms with Crippen LogP contribution in [-0.4, -0.2) is 6.29 Å². The summed E-state index contributed by atoms with van der Waals surface area (Å²) in [5, 5.41) is 0. The van der Waals surface area contributed by atoms with Crippen molar-refractivity contribution < 1.29 is 4.79 Å². The summed E-state index contributed by atoms with van der Waals surface area (Å²) in [6, 6.07) is 12.2. The van der Waals surface area contributed by atoms with Gasteiger partial charge in [0.15, 0.2) is 0 Å². The van der Waals surface area contributed by atoms with Gasteiger partial charge in [0.2, 0.25) is 0 Å². The molecule has 2 aromatic rings. The molecule has 1 aromatic heterocycles. The molecule has 2 heteroatoms. The third-order valence-electron chi connectivity index (χ3n) is 3.27. The number of hydrogen-bond donors (Lipinski definition) is 0. The largest absolute Gasteiger partial charge is 0.298 e. The molecule has 1 heterocycles. The molecule has 0 fully saturated rings. The van der Waals surface area contributed by atoms with E-state index in [0.29, 0.717) is 0 Å². The second-order valence-corrected chi connectivity index (χ2v) is 5.98. The van der Waals surface area contributed by atoms with Gasteiger partial charge in [-0.1, -0.05) is 50.5 Å². The fourth-order valence-electron chi connectivity index (χ4n) is 2.12. The van der Waals surface area contributed by atoms with Gasteiger partial charge >= 0.3 is 0 Å². The summed E-state index contributed by atoms with van der Waals surface area (Å²) in [4.78, 5) is 13.4. The van der Waals surface area contributed by atoms with Crippen LogP contribution in [0.1, 0.15) is 47.8 Å². The Hall–Kier alpha value is -1.41. The fraction of sp³-hybridized carbons (Fsp3) is 0.353. The molecule has 0 unspecified atom stereocenters. The number of unbranched alkanes of at least 4 members (excludes halogenated alkanes) is 3. The number of carbonyl (C=O) groups excluding carboxylic acids is 1. The zero-order valence-electron chi connectivity index (χ0n) is 11.4. The molecule has 0 saturated heterocycles. The molecule has 2 rings (SSSR count). The Morgan fingerprint density at radius 3 is 2.47 bits per heavy atom. The molecule has 0 N–H and O–H groups in total. The van der Waals surface area contributed by atoms with E-state index in [4.69, 9.17) is 0 Å². The van der Waals surface area contributed by atoms with Crippen LogP contribution in [0.15, 0.2) is 36.4 Å². The van der Waals surface area contributed by atoms with Gasteiger partial charge in [0, 0.05) is 15.3 Å². The lowest BCUT2D eigenvalue weighted by atomic mass is 10.1. The molecule has 0 amide bonds. The average Bonchev–Trinajstić information content (AvgIpc) is 2.92. The first kappa shape index (κ1) is 14.0. The number of hydrogen-bond acceptors (Lipinski definition) is 2. The highest BCUT2D eigenvalue weighted by atomic mass is 32.1. The van der Waals surface area contributed by atoms with Gasteiger partial charge in [0.25, 0.3) is 0 Å². The second-order valence-electron chi connectivity index (χ2n) is 4.82. The summed E-state index contributed by atoms with van der Waals surface area (Å²) in [6.07, 6.45) is 7.33. The normalized spacial score (nSPS) is 10.6. The monoisotopic (exact) mass is 272 g/mol. The minimum Gasteiger partial charge on any atom is -0.298 e. The number of thiophene rings is 1. The average molecular weight is 272 g/mol. The van der Waals surface area contributed by atoms with E-state index in [0.717, 1.165) is 11.8 Å². The molecule has 0 bridgehead atoms. The molecule has 0 aliphatic rings. The zero-order chi connectivity index (χ0) is 13.5. The molecule has 19 heavy (non-hydrogen) atoms. The molecule has 0 aliphatic heterocycles. The molecule has 0 radical (unpaired) electrons. The zero-order valence-corrected chi connectivity index (χ0v) is 12.2. The van der Waals surface area contributed by atoms with Crippen molar-refractivity contribution in [2.45, 2.75) is 39.0 Å². The smallest absolute Gasteiger partial charge is 0.150 e. The highest BCUT2D eigenvalue weighted by Gasteiger charge is 2.03. The van der Waals surface area contributed by atoms with Gasteiger partial charge in [-0.25, -0.2) is 0 Å². The Kier molecular flexibility index (Phi) is 5.34. The van der Waals surface area contributed by atoms with Crippen LogP contribution < -0.4 is 0 Å². The van der Waals surface area contributed by atoms with Gasteiger partial charge in [-0.3, -0.25) is 4.79 Å². The van der Waals surface area contributed by atoms with Crippen LogP contribution in [0.3, 0.4) is 0 Å². The first-order valence-corrected chi connectivity index (χ1v) is 7.79. The summed E-state index contributed by atoms with van der Waals surface area (Å²) in [7, 11) is 0. The van der Waals surface area contributed by atoms with E-state index in [1.54, 1.807) is 0 Å². The Morgan fingerprint density at radius 2 is 1.79 bits per heavy atom. The van der Waals surface area contributed by atoms with Crippen molar-refractivity contribution in [1.29, 1.82) is 0 Å². The van der Waals surface area contributed by atoms with Crippen molar-refractivity contribution in [1.82, 2.24) is 0 Å². The second kappa shape index (κ2) is 7.25. The van der Waals surface area contributed by atoms with Crippen LogP contribution in [0.5, 0.6) is 0 Å². The van der Waals surface area contributed by atoms with E-state index in [-0.39, 0.29) is 0 Å².